The van der Waals surface area contributed by atoms with Crippen LogP contribution in [0.4, 0.5) is 0 Å². The monoisotopic (exact) mass is 364 g/mol. The molecule has 0 amide bonds. The third-order valence-electron chi connectivity index (χ3n) is 4.50. The molecule has 1 fully saturated rings. The van der Waals surface area contributed by atoms with E-state index in [1.807, 2.05) is 31.3 Å². The van der Waals surface area contributed by atoms with Crippen molar-refractivity contribution in [3.63, 3.8) is 0 Å². The third-order valence-corrected chi connectivity index (χ3v) is 6.32. The van der Waals surface area contributed by atoms with Crippen molar-refractivity contribution in [2.45, 2.75) is 17.7 Å². The van der Waals surface area contributed by atoms with Crippen molar-refractivity contribution in [3.05, 3.63) is 36.7 Å². The number of ether oxygens (including phenoxy) is 1. The Hall–Kier alpha value is -1.90. The van der Waals surface area contributed by atoms with Crippen LogP contribution in [0.3, 0.4) is 0 Å². The SMILES string of the molecule is CNCC1CCCN(S(=O)(=O)c2cnn(-c3ccccc3OC)c2)C1. The molecule has 1 aromatic heterocycles. The molecule has 1 atom stereocenters. The lowest BCUT2D eigenvalue weighted by Gasteiger charge is -2.31. The zero-order valence-corrected chi connectivity index (χ0v) is 15.4. The van der Waals surface area contributed by atoms with Crippen LogP contribution < -0.4 is 10.1 Å². The highest BCUT2D eigenvalue weighted by molar-refractivity contribution is 7.89. The Labute approximate surface area is 148 Å². The molecule has 0 radical (unpaired) electrons. The maximum Gasteiger partial charge on any atom is 0.246 e. The van der Waals surface area contributed by atoms with Crippen LogP contribution in [-0.4, -0.2) is 56.3 Å². The van der Waals surface area contributed by atoms with Crippen molar-refractivity contribution in [1.29, 1.82) is 0 Å². The molecule has 7 nitrogen and oxygen atoms in total. The molecule has 0 spiro atoms. The van der Waals surface area contributed by atoms with Gasteiger partial charge in [0.25, 0.3) is 0 Å². The van der Waals surface area contributed by atoms with E-state index >= 15 is 0 Å². The van der Waals surface area contributed by atoms with Crippen LogP contribution in [0.5, 0.6) is 5.75 Å². The van der Waals surface area contributed by atoms with Crippen molar-refractivity contribution < 1.29 is 13.2 Å². The average Bonchev–Trinajstić information content (AvgIpc) is 3.13. The van der Waals surface area contributed by atoms with Crippen molar-refractivity contribution in [3.8, 4) is 11.4 Å². The molecular formula is C17H24N4O3S. The lowest BCUT2D eigenvalue weighted by Crippen LogP contribution is -2.42. The van der Waals surface area contributed by atoms with Crippen LogP contribution in [-0.2, 0) is 10.0 Å². The summed E-state index contributed by atoms with van der Waals surface area (Å²) in [7, 11) is -0.0660. The summed E-state index contributed by atoms with van der Waals surface area (Å²) >= 11 is 0. The summed E-state index contributed by atoms with van der Waals surface area (Å²) in [4.78, 5) is 0.212. The molecule has 136 valence electrons. The first kappa shape index (κ1) is 17.9. The molecule has 25 heavy (non-hydrogen) atoms. The Morgan fingerprint density at radius 2 is 2.16 bits per heavy atom. The number of rotatable bonds is 6. The van der Waals surface area contributed by atoms with E-state index in [0.717, 1.165) is 19.4 Å². The van der Waals surface area contributed by atoms with Gasteiger partial charge in [-0.05, 0) is 44.5 Å². The van der Waals surface area contributed by atoms with Crippen LogP contribution in [0.15, 0.2) is 41.6 Å². The molecule has 2 heterocycles. The standard InChI is InChI=1S/C17H24N4O3S/c1-18-10-14-6-5-9-20(12-14)25(22,23)15-11-19-21(13-15)16-7-3-4-8-17(16)24-2/h3-4,7-8,11,13-14,18H,5-6,9-10,12H2,1-2H3. The number of sulfonamides is 1. The molecule has 1 aliphatic heterocycles. The summed E-state index contributed by atoms with van der Waals surface area (Å²) in [6, 6.07) is 7.38. The molecule has 0 aliphatic carbocycles. The fourth-order valence-electron chi connectivity index (χ4n) is 3.24. The van der Waals surface area contributed by atoms with Gasteiger partial charge in [-0.15, -0.1) is 0 Å². The third kappa shape index (κ3) is 3.70. The summed E-state index contributed by atoms with van der Waals surface area (Å²) < 4.78 is 34.4. The second-order valence-electron chi connectivity index (χ2n) is 6.22. The van der Waals surface area contributed by atoms with Crippen LogP contribution in [0.2, 0.25) is 0 Å². The fraction of sp³-hybridized carbons (Fsp3) is 0.471. The van der Waals surface area contributed by atoms with E-state index in [0.29, 0.717) is 30.4 Å². The lowest BCUT2D eigenvalue weighted by molar-refractivity contribution is 0.263. The minimum atomic E-state index is -3.54. The summed E-state index contributed by atoms with van der Waals surface area (Å²) in [6.07, 6.45) is 4.89. The van der Waals surface area contributed by atoms with Crippen LogP contribution in [0, 0.1) is 5.92 Å². The summed E-state index contributed by atoms with van der Waals surface area (Å²) in [6.45, 7) is 1.93. The Bertz CT molecular complexity index is 817. The van der Waals surface area contributed by atoms with Crippen LogP contribution in [0.1, 0.15) is 12.8 Å². The summed E-state index contributed by atoms with van der Waals surface area (Å²) in [5.74, 6) is 0.986. The molecular weight excluding hydrogens is 340 g/mol. The van der Waals surface area contributed by atoms with Crippen molar-refractivity contribution in [2.75, 3.05) is 33.8 Å². The van der Waals surface area contributed by atoms with Gasteiger partial charge in [-0.25, -0.2) is 13.1 Å². The van der Waals surface area contributed by atoms with E-state index < -0.39 is 10.0 Å². The van der Waals surface area contributed by atoms with Gasteiger partial charge < -0.3 is 10.1 Å². The highest BCUT2D eigenvalue weighted by Gasteiger charge is 2.31. The number of piperidine rings is 1. The maximum absolute atomic E-state index is 13.0. The summed E-state index contributed by atoms with van der Waals surface area (Å²) in [5, 5.41) is 7.37. The highest BCUT2D eigenvalue weighted by Crippen LogP contribution is 2.26. The number of benzene rings is 1. The molecule has 0 bridgehead atoms. The topological polar surface area (TPSA) is 76.5 Å². The molecule has 1 aromatic carbocycles. The minimum absolute atomic E-state index is 0.212. The van der Waals surface area contributed by atoms with Gasteiger partial charge in [0.2, 0.25) is 10.0 Å². The smallest absolute Gasteiger partial charge is 0.246 e. The zero-order chi connectivity index (χ0) is 17.9. The van der Waals surface area contributed by atoms with E-state index in [-0.39, 0.29) is 4.90 Å². The van der Waals surface area contributed by atoms with Crippen LogP contribution >= 0.6 is 0 Å². The molecule has 1 aliphatic rings. The van der Waals surface area contributed by atoms with Gasteiger partial charge in [0.15, 0.2) is 0 Å². The number of para-hydroxylation sites is 2. The highest BCUT2D eigenvalue weighted by atomic mass is 32.2. The number of aromatic nitrogens is 2. The van der Waals surface area contributed by atoms with E-state index in [2.05, 4.69) is 10.4 Å². The number of hydrogen-bond acceptors (Lipinski definition) is 5. The zero-order valence-electron chi connectivity index (χ0n) is 14.6. The number of hydrogen-bond donors (Lipinski definition) is 1. The molecule has 1 N–H and O–H groups in total. The second-order valence-corrected chi connectivity index (χ2v) is 8.16. The largest absolute Gasteiger partial charge is 0.494 e. The lowest BCUT2D eigenvalue weighted by atomic mass is 10.00. The molecule has 0 saturated carbocycles. The molecule has 1 saturated heterocycles. The van der Waals surface area contributed by atoms with Gasteiger partial charge in [0.1, 0.15) is 16.3 Å². The van der Waals surface area contributed by atoms with Crippen molar-refractivity contribution in [2.24, 2.45) is 5.92 Å². The van der Waals surface area contributed by atoms with E-state index in [4.69, 9.17) is 4.74 Å². The van der Waals surface area contributed by atoms with Crippen molar-refractivity contribution >= 4 is 10.0 Å². The number of methoxy groups -OCH3 is 1. The van der Waals surface area contributed by atoms with E-state index in [1.54, 1.807) is 22.3 Å². The van der Waals surface area contributed by atoms with Gasteiger partial charge in [-0.3, -0.25) is 0 Å². The number of nitrogens with zero attached hydrogens (tertiary/aromatic N) is 3. The second kappa shape index (κ2) is 7.55. The average molecular weight is 364 g/mol. The normalized spacial score (nSPS) is 19.0. The summed E-state index contributed by atoms with van der Waals surface area (Å²) in [5.41, 5.74) is 0.707. The predicted octanol–water partition coefficient (Wildman–Crippen LogP) is 1.50. The Balaban J connectivity index is 1.85. The van der Waals surface area contributed by atoms with E-state index in [9.17, 15) is 8.42 Å². The maximum atomic E-state index is 13.0. The quantitative estimate of drug-likeness (QED) is 0.841. The Morgan fingerprint density at radius 3 is 2.92 bits per heavy atom. The number of nitrogens with one attached hydrogen (secondary N) is 1. The minimum Gasteiger partial charge on any atom is -0.494 e. The Kier molecular flexibility index (Phi) is 5.41. The van der Waals surface area contributed by atoms with Gasteiger partial charge >= 0.3 is 0 Å². The van der Waals surface area contributed by atoms with Gasteiger partial charge in [0, 0.05) is 13.1 Å². The first-order valence-corrected chi connectivity index (χ1v) is 9.83. The van der Waals surface area contributed by atoms with Crippen LogP contribution in [0.25, 0.3) is 5.69 Å². The Morgan fingerprint density at radius 1 is 1.36 bits per heavy atom. The molecule has 3 rings (SSSR count). The first-order valence-electron chi connectivity index (χ1n) is 8.39. The molecule has 1 unspecified atom stereocenters. The van der Waals surface area contributed by atoms with Gasteiger partial charge in [-0.1, -0.05) is 12.1 Å². The van der Waals surface area contributed by atoms with Crippen molar-refractivity contribution in [1.82, 2.24) is 19.4 Å². The van der Waals surface area contributed by atoms with Gasteiger partial charge in [-0.2, -0.15) is 9.40 Å². The fourth-order valence-corrected chi connectivity index (χ4v) is 4.73. The first-order chi connectivity index (χ1) is 12.1. The van der Waals surface area contributed by atoms with Gasteiger partial charge in [0.05, 0.1) is 19.5 Å². The predicted molar refractivity (Wildman–Crippen MR) is 95.5 cm³/mol. The van der Waals surface area contributed by atoms with E-state index in [1.165, 1.54) is 6.20 Å². The molecule has 8 heteroatoms. The molecule has 2 aromatic rings.